The number of hydrogen-bond acceptors (Lipinski definition) is 2. The number of ketones is 2. The van der Waals surface area contributed by atoms with Crippen LogP contribution < -0.4 is 0 Å². The Labute approximate surface area is 99.3 Å². The molecular formula is C13H14N2O2. The standard InChI is InChI=1S/C13H14N2O2/c1-10(16)12-3-6-15(9-12)7-4-13(17)11-2-5-14-8-11/h2-3,5-6,8-9,14H,4,7H2,1H3. The third-order valence-corrected chi connectivity index (χ3v) is 2.67. The second-order valence-electron chi connectivity index (χ2n) is 3.97. The van der Waals surface area contributed by atoms with Crippen LogP contribution in [0.1, 0.15) is 34.1 Å². The van der Waals surface area contributed by atoms with Crippen LogP contribution in [0.25, 0.3) is 0 Å². The predicted molar refractivity (Wildman–Crippen MR) is 64.2 cm³/mol. The van der Waals surface area contributed by atoms with Crippen molar-refractivity contribution >= 4 is 11.6 Å². The largest absolute Gasteiger partial charge is 0.367 e. The van der Waals surface area contributed by atoms with Gasteiger partial charge in [-0.2, -0.15) is 0 Å². The quantitative estimate of drug-likeness (QED) is 0.801. The molecule has 88 valence electrons. The molecule has 4 nitrogen and oxygen atoms in total. The molecule has 1 N–H and O–H groups in total. The molecule has 0 fully saturated rings. The third-order valence-electron chi connectivity index (χ3n) is 2.67. The summed E-state index contributed by atoms with van der Waals surface area (Å²) in [6.45, 7) is 2.13. The molecule has 0 aromatic carbocycles. The monoisotopic (exact) mass is 230 g/mol. The maximum absolute atomic E-state index is 11.7. The van der Waals surface area contributed by atoms with Crippen LogP contribution in [-0.2, 0) is 6.54 Å². The summed E-state index contributed by atoms with van der Waals surface area (Å²) in [5.41, 5.74) is 1.38. The Balaban J connectivity index is 1.93. The number of carbonyl (C=O) groups excluding carboxylic acids is 2. The van der Waals surface area contributed by atoms with Crippen LogP contribution in [-0.4, -0.2) is 21.1 Å². The minimum atomic E-state index is 0.0423. The minimum Gasteiger partial charge on any atom is -0.367 e. The molecule has 0 aliphatic rings. The molecule has 0 saturated heterocycles. The summed E-state index contributed by atoms with van der Waals surface area (Å²) in [4.78, 5) is 25.7. The van der Waals surface area contributed by atoms with Gasteiger partial charge >= 0.3 is 0 Å². The lowest BCUT2D eigenvalue weighted by Gasteiger charge is -2.00. The first-order valence-electron chi connectivity index (χ1n) is 5.49. The first kappa shape index (κ1) is 11.4. The van der Waals surface area contributed by atoms with E-state index in [1.165, 1.54) is 6.92 Å². The van der Waals surface area contributed by atoms with Crippen molar-refractivity contribution in [2.24, 2.45) is 0 Å². The predicted octanol–water partition coefficient (Wildman–Crippen LogP) is 2.29. The lowest BCUT2D eigenvalue weighted by Crippen LogP contribution is -2.04. The van der Waals surface area contributed by atoms with Gasteiger partial charge in [-0.25, -0.2) is 0 Å². The highest BCUT2D eigenvalue weighted by atomic mass is 16.1. The van der Waals surface area contributed by atoms with E-state index in [1.54, 1.807) is 30.7 Å². The molecule has 17 heavy (non-hydrogen) atoms. The van der Waals surface area contributed by atoms with Gasteiger partial charge in [-0.3, -0.25) is 9.59 Å². The molecule has 0 aliphatic heterocycles. The summed E-state index contributed by atoms with van der Waals surface area (Å²) < 4.78 is 1.86. The molecule has 0 unspecified atom stereocenters. The Hall–Kier alpha value is -2.10. The number of Topliss-reactive ketones (excluding diaryl/α,β-unsaturated/α-hetero) is 2. The average Bonchev–Trinajstić information content (AvgIpc) is 2.97. The third kappa shape index (κ3) is 2.72. The van der Waals surface area contributed by atoms with Gasteiger partial charge in [-0.05, 0) is 19.1 Å². The molecule has 0 bridgehead atoms. The second-order valence-corrected chi connectivity index (χ2v) is 3.97. The fraction of sp³-hybridized carbons (Fsp3) is 0.231. The number of aryl methyl sites for hydroxylation is 1. The highest BCUT2D eigenvalue weighted by Crippen LogP contribution is 2.06. The van der Waals surface area contributed by atoms with Gasteiger partial charge in [0.1, 0.15) is 0 Å². The smallest absolute Gasteiger partial charge is 0.166 e. The summed E-state index contributed by atoms with van der Waals surface area (Å²) in [6.07, 6.45) is 7.45. The number of aromatic amines is 1. The summed E-state index contributed by atoms with van der Waals surface area (Å²) in [6, 6.07) is 3.53. The van der Waals surface area contributed by atoms with Crippen molar-refractivity contribution in [3.8, 4) is 0 Å². The molecule has 0 spiro atoms. The number of nitrogens with zero attached hydrogens (tertiary/aromatic N) is 1. The van der Waals surface area contributed by atoms with Crippen LogP contribution in [0.4, 0.5) is 0 Å². The zero-order valence-electron chi connectivity index (χ0n) is 9.64. The fourth-order valence-electron chi connectivity index (χ4n) is 1.66. The van der Waals surface area contributed by atoms with Gasteiger partial charge in [0.2, 0.25) is 0 Å². The van der Waals surface area contributed by atoms with E-state index in [0.29, 0.717) is 24.1 Å². The van der Waals surface area contributed by atoms with E-state index in [2.05, 4.69) is 4.98 Å². The van der Waals surface area contributed by atoms with Crippen LogP contribution >= 0.6 is 0 Å². The van der Waals surface area contributed by atoms with E-state index < -0.39 is 0 Å². The van der Waals surface area contributed by atoms with E-state index >= 15 is 0 Å². The maximum atomic E-state index is 11.7. The Morgan fingerprint density at radius 1 is 1.29 bits per heavy atom. The Bertz CT molecular complexity index is 523. The van der Waals surface area contributed by atoms with Gasteiger partial charge in [0.15, 0.2) is 11.6 Å². The van der Waals surface area contributed by atoms with Gasteiger partial charge in [-0.1, -0.05) is 0 Å². The van der Waals surface area contributed by atoms with Crippen molar-refractivity contribution in [3.63, 3.8) is 0 Å². The van der Waals surface area contributed by atoms with Gasteiger partial charge in [0.05, 0.1) is 0 Å². The van der Waals surface area contributed by atoms with Gasteiger partial charge in [-0.15, -0.1) is 0 Å². The molecule has 0 atom stereocenters. The molecule has 2 heterocycles. The minimum absolute atomic E-state index is 0.0423. The second kappa shape index (κ2) is 4.82. The summed E-state index contributed by atoms with van der Waals surface area (Å²) >= 11 is 0. The molecule has 0 amide bonds. The van der Waals surface area contributed by atoms with E-state index in [9.17, 15) is 9.59 Å². The molecule has 0 radical (unpaired) electrons. The van der Waals surface area contributed by atoms with Crippen molar-refractivity contribution in [1.82, 2.24) is 9.55 Å². The summed E-state index contributed by atoms with van der Waals surface area (Å²) in [7, 11) is 0. The highest BCUT2D eigenvalue weighted by Gasteiger charge is 2.07. The summed E-state index contributed by atoms with van der Waals surface area (Å²) in [5.74, 6) is 0.144. The first-order chi connectivity index (χ1) is 8.16. The summed E-state index contributed by atoms with van der Waals surface area (Å²) in [5, 5.41) is 0. The highest BCUT2D eigenvalue weighted by molar-refractivity contribution is 5.96. The molecule has 0 saturated carbocycles. The topological polar surface area (TPSA) is 54.9 Å². The Morgan fingerprint density at radius 3 is 2.71 bits per heavy atom. The molecule has 4 heteroatoms. The van der Waals surface area contributed by atoms with Crippen LogP contribution in [0.3, 0.4) is 0 Å². The average molecular weight is 230 g/mol. The van der Waals surface area contributed by atoms with Crippen LogP contribution in [0.15, 0.2) is 36.9 Å². The number of nitrogens with one attached hydrogen (secondary N) is 1. The SMILES string of the molecule is CC(=O)c1ccn(CCC(=O)c2cc[nH]c2)c1. The number of carbonyl (C=O) groups is 2. The van der Waals surface area contributed by atoms with E-state index in [1.807, 2.05) is 10.8 Å². The van der Waals surface area contributed by atoms with Crippen LogP contribution in [0.2, 0.25) is 0 Å². The van der Waals surface area contributed by atoms with Crippen LogP contribution in [0.5, 0.6) is 0 Å². The van der Waals surface area contributed by atoms with Crippen molar-refractivity contribution < 1.29 is 9.59 Å². The van der Waals surface area contributed by atoms with Gasteiger partial charge in [0, 0.05) is 48.9 Å². The van der Waals surface area contributed by atoms with E-state index in [0.717, 1.165) is 0 Å². The van der Waals surface area contributed by atoms with Crippen molar-refractivity contribution in [2.45, 2.75) is 19.9 Å². The molecule has 2 rings (SSSR count). The van der Waals surface area contributed by atoms with Gasteiger partial charge in [0.25, 0.3) is 0 Å². The van der Waals surface area contributed by atoms with Crippen molar-refractivity contribution in [2.75, 3.05) is 0 Å². The molecular weight excluding hydrogens is 216 g/mol. The lowest BCUT2D eigenvalue weighted by molar-refractivity contribution is 0.0976. The Kier molecular flexibility index (Phi) is 3.23. The Morgan fingerprint density at radius 2 is 2.12 bits per heavy atom. The first-order valence-corrected chi connectivity index (χ1v) is 5.49. The van der Waals surface area contributed by atoms with E-state index in [-0.39, 0.29) is 11.6 Å². The number of aromatic nitrogens is 2. The number of H-pyrrole nitrogens is 1. The molecule has 2 aromatic heterocycles. The molecule has 0 aliphatic carbocycles. The van der Waals surface area contributed by atoms with Gasteiger partial charge < -0.3 is 9.55 Å². The maximum Gasteiger partial charge on any atom is 0.166 e. The lowest BCUT2D eigenvalue weighted by atomic mass is 10.1. The van der Waals surface area contributed by atoms with Crippen molar-refractivity contribution in [1.29, 1.82) is 0 Å². The number of hydrogen-bond donors (Lipinski definition) is 1. The molecule has 2 aromatic rings. The van der Waals surface area contributed by atoms with Crippen molar-refractivity contribution in [3.05, 3.63) is 48.0 Å². The van der Waals surface area contributed by atoms with E-state index in [4.69, 9.17) is 0 Å². The van der Waals surface area contributed by atoms with Crippen LogP contribution in [0, 0.1) is 0 Å². The normalized spacial score (nSPS) is 10.4. The fourth-order valence-corrected chi connectivity index (χ4v) is 1.66. The zero-order chi connectivity index (χ0) is 12.3. The number of rotatable bonds is 5. The zero-order valence-corrected chi connectivity index (χ0v) is 9.64.